The highest BCUT2D eigenvalue weighted by Gasteiger charge is 2.50. The number of aromatic hydroxyl groups is 1. The van der Waals surface area contributed by atoms with Gasteiger partial charge in [0.2, 0.25) is 0 Å². The van der Waals surface area contributed by atoms with E-state index < -0.39 is 23.7 Å². The summed E-state index contributed by atoms with van der Waals surface area (Å²) in [6.07, 6.45) is 5.11. The Kier molecular flexibility index (Phi) is 5.20. The lowest BCUT2D eigenvalue weighted by Crippen LogP contribution is -2.52. The van der Waals surface area contributed by atoms with Crippen LogP contribution in [-0.4, -0.2) is 60.3 Å². The third-order valence-electron chi connectivity index (χ3n) is 4.77. The van der Waals surface area contributed by atoms with Crippen molar-refractivity contribution < 1.29 is 19.8 Å². The van der Waals surface area contributed by atoms with E-state index >= 15 is 0 Å². The maximum absolute atomic E-state index is 11.1. The number of aromatic nitrogens is 4. The number of hydrogen-bond donors (Lipinski definition) is 3. The predicted octanol–water partition coefficient (Wildman–Crippen LogP) is 2.08. The molecule has 2 saturated heterocycles. The monoisotopic (exact) mass is 453 g/mol. The summed E-state index contributed by atoms with van der Waals surface area (Å²) in [6.45, 7) is 0.507. The molecule has 5 heterocycles. The first-order valence-corrected chi connectivity index (χ1v) is 10.9. The molecule has 0 spiro atoms. The Hall–Kier alpha value is -1.73. The van der Waals surface area contributed by atoms with Crippen LogP contribution < -0.4 is 5.48 Å². The van der Waals surface area contributed by atoms with Crippen molar-refractivity contribution in [1.29, 1.82) is 0 Å². The molecule has 5 rings (SSSR count). The molecular weight excluding hydrogens is 438 g/mol. The van der Waals surface area contributed by atoms with Crippen LogP contribution in [0, 0.1) is 0 Å². The van der Waals surface area contributed by atoms with Crippen LogP contribution in [0.3, 0.4) is 0 Å². The SMILES string of the molecule is Oc1nc(-c2cnn(C3C(O)C(Sc4cncc(Cl)c4)OC4CNOC43)c2)cs1. The van der Waals surface area contributed by atoms with Gasteiger partial charge in [-0.3, -0.25) is 14.5 Å². The fraction of sp³-hybridized carbons (Fsp3) is 0.353. The number of aliphatic hydroxyl groups excluding tert-OH is 1. The summed E-state index contributed by atoms with van der Waals surface area (Å²) in [5.74, 6) is 0. The molecule has 29 heavy (non-hydrogen) atoms. The minimum atomic E-state index is -0.906. The van der Waals surface area contributed by atoms with E-state index in [0.29, 0.717) is 17.3 Å². The molecule has 5 atom stereocenters. The van der Waals surface area contributed by atoms with Gasteiger partial charge in [0, 0.05) is 34.4 Å². The zero-order chi connectivity index (χ0) is 20.0. The molecule has 2 aliphatic rings. The van der Waals surface area contributed by atoms with E-state index in [4.69, 9.17) is 21.2 Å². The summed E-state index contributed by atoms with van der Waals surface area (Å²) >= 11 is 8.53. The van der Waals surface area contributed by atoms with E-state index in [0.717, 1.165) is 21.8 Å². The second kappa shape index (κ2) is 7.84. The molecule has 5 unspecified atom stereocenters. The lowest BCUT2D eigenvalue weighted by molar-refractivity contribution is -0.156. The van der Waals surface area contributed by atoms with Gasteiger partial charge in [0.25, 0.3) is 5.19 Å². The number of pyridine rings is 1. The van der Waals surface area contributed by atoms with Gasteiger partial charge in [-0.2, -0.15) is 10.6 Å². The lowest BCUT2D eigenvalue weighted by Gasteiger charge is -2.40. The van der Waals surface area contributed by atoms with Crippen LogP contribution >= 0.6 is 34.7 Å². The number of hydroxylamine groups is 1. The Morgan fingerprint density at radius 2 is 2.24 bits per heavy atom. The summed E-state index contributed by atoms with van der Waals surface area (Å²) in [7, 11) is 0. The second-order valence-corrected chi connectivity index (χ2v) is 9.08. The van der Waals surface area contributed by atoms with Crippen molar-refractivity contribution in [2.75, 3.05) is 6.54 Å². The van der Waals surface area contributed by atoms with E-state index in [1.807, 2.05) is 0 Å². The zero-order valence-electron chi connectivity index (χ0n) is 14.8. The molecule has 12 heteroatoms. The molecule has 0 saturated carbocycles. The molecule has 3 aromatic rings. The average Bonchev–Trinajstić information content (AvgIpc) is 3.43. The molecule has 0 radical (unpaired) electrons. The zero-order valence-corrected chi connectivity index (χ0v) is 17.1. The number of fused-ring (bicyclic) bond motifs is 1. The van der Waals surface area contributed by atoms with Crippen LogP contribution in [0.5, 0.6) is 5.19 Å². The number of hydrogen-bond acceptors (Lipinski definition) is 10. The molecule has 2 aliphatic heterocycles. The van der Waals surface area contributed by atoms with Gasteiger partial charge >= 0.3 is 0 Å². The van der Waals surface area contributed by atoms with Crippen LogP contribution in [0.2, 0.25) is 5.02 Å². The van der Waals surface area contributed by atoms with E-state index in [1.165, 1.54) is 11.8 Å². The fourth-order valence-corrected chi connectivity index (χ4v) is 5.35. The highest BCUT2D eigenvalue weighted by atomic mass is 35.5. The molecule has 3 aromatic heterocycles. The first-order valence-electron chi connectivity index (χ1n) is 8.77. The van der Waals surface area contributed by atoms with E-state index in [-0.39, 0.29) is 11.3 Å². The minimum Gasteiger partial charge on any atom is -0.486 e. The average molecular weight is 454 g/mol. The van der Waals surface area contributed by atoms with E-state index in [1.54, 1.807) is 40.9 Å². The number of rotatable bonds is 4. The molecule has 0 bridgehead atoms. The molecule has 0 aliphatic carbocycles. The largest absolute Gasteiger partial charge is 0.486 e. The summed E-state index contributed by atoms with van der Waals surface area (Å²) in [5, 5.41) is 27.3. The number of aliphatic hydroxyl groups is 1. The Bertz CT molecular complexity index is 1020. The van der Waals surface area contributed by atoms with E-state index in [9.17, 15) is 10.2 Å². The van der Waals surface area contributed by atoms with Crippen LogP contribution in [0.4, 0.5) is 0 Å². The van der Waals surface area contributed by atoms with Crippen molar-refractivity contribution in [3.05, 3.63) is 41.3 Å². The van der Waals surface area contributed by atoms with Gasteiger partial charge in [-0.1, -0.05) is 34.7 Å². The Morgan fingerprint density at radius 1 is 1.34 bits per heavy atom. The van der Waals surface area contributed by atoms with E-state index in [2.05, 4.69) is 20.5 Å². The maximum atomic E-state index is 11.1. The van der Waals surface area contributed by atoms with Gasteiger partial charge in [0.05, 0.1) is 23.5 Å². The van der Waals surface area contributed by atoms with Crippen LogP contribution in [-0.2, 0) is 9.57 Å². The van der Waals surface area contributed by atoms with Crippen molar-refractivity contribution >= 4 is 34.7 Å². The van der Waals surface area contributed by atoms with Gasteiger partial charge in [0.15, 0.2) is 0 Å². The van der Waals surface area contributed by atoms with Gasteiger partial charge < -0.3 is 14.9 Å². The van der Waals surface area contributed by atoms with Crippen molar-refractivity contribution in [2.24, 2.45) is 0 Å². The van der Waals surface area contributed by atoms with Crippen LogP contribution in [0.15, 0.2) is 41.1 Å². The molecule has 0 amide bonds. The fourth-order valence-electron chi connectivity index (χ4n) is 3.47. The van der Waals surface area contributed by atoms with Gasteiger partial charge in [-0.25, -0.2) is 4.98 Å². The molecule has 0 aromatic carbocycles. The number of nitrogens with zero attached hydrogens (tertiary/aromatic N) is 4. The van der Waals surface area contributed by atoms with Gasteiger partial charge in [0.1, 0.15) is 29.8 Å². The summed E-state index contributed by atoms with van der Waals surface area (Å²) in [5.41, 5.74) is 3.67. The van der Waals surface area contributed by atoms with Crippen LogP contribution in [0.1, 0.15) is 6.04 Å². The third-order valence-corrected chi connectivity index (χ3v) is 6.74. The number of nitrogens with one attached hydrogen (secondary N) is 1. The van der Waals surface area contributed by atoms with Crippen molar-refractivity contribution in [3.63, 3.8) is 0 Å². The number of thiazole rings is 1. The number of halogens is 1. The Morgan fingerprint density at radius 3 is 3.03 bits per heavy atom. The van der Waals surface area contributed by atoms with Gasteiger partial charge in [-0.15, -0.1) is 0 Å². The highest BCUT2D eigenvalue weighted by molar-refractivity contribution is 7.99. The van der Waals surface area contributed by atoms with Gasteiger partial charge in [-0.05, 0) is 6.07 Å². The van der Waals surface area contributed by atoms with Crippen LogP contribution in [0.25, 0.3) is 11.3 Å². The number of ether oxygens (including phenoxy) is 1. The first kappa shape index (κ1) is 19.2. The van der Waals surface area contributed by atoms with Crippen molar-refractivity contribution in [2.45, 2.75) is 34.7 Å². The predicted molar refractivity (Wildman–Crippen MR) is 107 cm³/mol. The first-order chi connectivity index (χ1) is 14.1. The standard InChI is InChI=1S/C17H16ClN5O4S2/c18-9-1-10(4-19-3-9)29-16-14(24)13(15-12(26-16)5-21-27-15)23-6-8(2-20-23)11-7-28-17(25)22-11/h1-4,6-7,12-16,21,24H,5H2,(H,22,25). The topological polar surface area (TPSA) is 115 Å². The minimum absolute atomic E-state index is 0.00571. The summed E-state index contributed by atoms with van der Waals surface area (Å²) in [4.78, 5) is 14.6. The molecule has 2 fully saturated rings. The maximum Gasteiger partial charge on any atom is 0.271 e. The summed E-state index contributed by atoms with van der Waals surface area (Å²) < 4.78 is 7.76. The Balaban J connectivity index is 1.43. The quantitative estimate of drug-likeness (QED) is 0.546. The third kappa shape index (κ3) is 3.75. The highest BCUT2D eigenvalue weighted by Crippen LogP contribution is 2.40. The van der Waals surface area contributed by atoms with Crippen molar-refractivity contribution in [3.8, 4) is 16.5 Å². The molecular formula is C17H16ClN5O4S2. The molecule has 152 valence electrons. The molecule has 3 N–H and O–H groups in total. The normalized spacial score (nSPS) is 29.1. The Labute approximate surface area is 178 Å². The smallest absolute Gasteiger partial charge is 0.271 e. The lowest BCUT2D eigenvalue weighted by atomic mass is 9.98. The second-order valence-electron chi connectivity index (χ2n) is 6.64. The molecule has 9 nitrogen and oxygen atoms in total. The number of thioether (sulfide) groups is 1. The summed E-state index contributed by atoms with van der Waals surface area (Å²) in [6, 6.07) is 1.30. The van der Waals surface area contributed by atoms with Crippen molar-refractivity contribution in [1.82, 2.24) is 25.2 Å².